The number of hydrogen-bond acceptors (Lipinski definition) is 2. The number of rotatable bonds is 7. The van der Waals surface area contributed by atoms with Gasteiger partial charge in [-0.15, -0.1) is 6.58 Å². The molecule has 1 heterocycles. The van der Waals surface area contributed by atoms with E-state index in [1.165, 1.54) is 6.42 Å². The Kier molecular flexibility index (Phi) is 5.75. The standard InChI is InChI=1S/C14H25NO/c1-3-4-5-6-7-9-13(16)14(2)10-8-11-15-12-14/h3,15H,1,4-12H2,2H3. The number of allylic oxidation sites excluding steroid dienone is 1. The summed E-state index contributed by atoms with van der Waals surface area (Å²) in [6.45, 7) is 7.76. The second-order valence-electron chi connectivity index (χ2n) is 5.15. The fourth-order valence-electron chi connectivity index (χ4n) is 2.35. The Hall–Kier alpha value is -0.630. The summed E-state index contributed by atoms with van der Waals surface area (Å²) < 4.78 is 0. The van der Waals surface area contributed by atoms with E-state index in [-0.39, 0.29) is 5.41 Å². The van der Waals surface area contributed by atoms with Gasteiger partial charge in [0.05, 0.1) is 0 Å². The summed E-state index contributed by atoms with van der Waals surface area (Å²) in [6.07, 6.45) is 9.36. The third-order valence-electron chi connectivity index (χ3n) is 3.58. The van der Waals surface area contributed by atoms with Crippen LogP contribution in [0.25, 0.3) is 0 Å². The summed E-state index contributed by atoms with van der Waals surface area (Å²) >= 11 is 0. The quantitative estimate of drug-likeness (QED) is 0.531. The molecule has 0 aromatic rings. The lowest BCUT2D eigenvalue weighted by molar-refractivity contribution is -0.128. The van der Waals surface area contributed by atoms with Crippen LogP contribution in [0.15, 0.2) is 12.7 Å². The molecule has 1 fully saturated rings. The van der Waals surface area contributed by atoms with Gasteiger partial charge in [-0.3, -0.25) is 4.79 Å². The van der Waals surface area contributed by atoms with Gasteiger partial charge in [0.25, 0.3) is 0 Å². The molecule has 1 saturated heterocycles. The Labute approximate surface area is 99.5 Å². The first-order valence-electron chi connectivity index (χ1n) is 6.54. The lowest BCUT2D eigenvalue weighted by Gasteiger charge is -2.32. The Bertz CT molecular complexity index is 229. The van der Waals surface area contributed by atoms with Gasteiger partial charge >= 0.3 is 0 Å². The van der Waals surface area contributed by atoms with Crippen molar-refractivity contribution in [2.75, 3.05) is 13.1 Å². The van der Waals surface area contributed by atoms with E-state index >= 15 is 0 Å². The van der Waals surface area contributed by atoms with E-state index in [2.05, 4.69) is 18.8 Å². The molecule has 0 aromatic heterocycles. The van der Waals surface area contributed by atoms with Gasteiger partial charge in [0.1, 0.15) is 5.78 Å². The number of carbonyl (C=O) groups is 1. The van der Waals surface area contributed by atoms with Crippen molar-refractivity contribution >= 4 is 5.78 Å². The minimum Gasteiger partial charge on any atom is -0.316 e. The van der Waals surface area contributed by atoms with E-state index in [9.17, 15) is 4.79 Å². The normalized spacial score (nSPS) is 25.3. The smallest absolute Gasteiger partial charge is 0.140 e. The Morgan fingerprint density at radius 2 is 2.25 bits per heavy atom. The number of piperidine rings is 1. The van der Waals surface area contributed by atoms with Crippen molar-refractivity contribution in [1.82, 2.24) is 5.32 Å². The van der Waals surface area contributed by atoms with Gasteiger partial charge in [-0.2, -0.15) is 0 Å². The van der Waals surface area contributed by atoms with Gasteiger partial charge < -0.3 is 5.32 Å². The van der Waals surface area contributed by atoms with Gasteiger partial charge in [0, 0.05) is 18.4 Å². The van der Waals surface area contributed by atoms with Crippen LogP contribution in [0.5, 0.6) is 0 Å². The van der Waals surface area contributed by atoms with Crippen molar-refractivity contribution in [3.63, 3.8) is 0 Å². The summed E-state index contributed by atoms with van der Waals surface area (Å²) in [5, 5.41) is 3.33. The summed E-state index contributed by atoms with van der Waals surface area (Å²) in [7, 11) is 0. The van der Waals surface area contributed by atoms with Crippen LogP contribution in [0.3, 0.4) is 0 Å². The molecule has 0 radical (unpaired) electrons. The van der Waals surface area contributed by atoms with E-state index in [0.717, 1.165) is 51.6 Å². The zero-order valence-corrected chi connectivity index (χ0v) is 10.6. The van der Waals surface area contributed by atoms with Crippen LogP contribution in [-0.4, -0.2) is 18.9 Å². The first-order valence-corrected chi connectivity index (χ1v) is 6.54. The third-order valence-corrected chi connectivity index (χ3v) is 3.58. The molecule has 0 aromatic carbocycles. The molecule has 1 N–H and O–H groups in total. The third kappa shape index (κ3) is 4.09. The lowest BCUT2D eigenvalue weighted by Crippen LogP contribution is -2.43. The summed E-state index contributed by atoms with van der Waals surface area (Å²) in [5.74, 6) is 0.457. The largest absolute Gasteiger partial charge is 0.316 e. The van der Waals surface area contributed by atoms with Crippen molar-refractivity contribution < 1.29 is 4.79 Å². The van der Waals surface area contributed by atoms with Crippen molar-refractivity contribution in [2.45, 2.75) is 51.9 Å². The average molecular weight is 223 g/mol. The minimum absolute atomic E-state index is 0.0866. The molecule has 2 nitrogen and oxygen atoms in total. The van der Waals surface area contributed by atoms with E-state index in [1.54, 1.807) is 0 Å². The molecule has 16 heavy (non-hydrogen) atoms. The van der Waals surface area contributed by atoms with Crippen LogP contribution < -0.4 is 5.32 Å². The first kappa shape index (κ1) is 13.4. The van der Waals surface area contributed by atoms with Gasteiger partial charge in [-0.25, -0.2) is 0 Å². The van der Waals surface area contributed by atoms with E-state index in [1.807, 2.05) is 6.08 Å². The number of Topliss-reactive ketones (excluding diaryl/α,β-unsaturated/α-hetero) is 1. The van der Waals surface area contributed by atoms with Crippen LogP contribution >= 0.6 is 0 Å². The van der Waals surface area contributed by atoms with Crippen molar-refractivity contribution in [2.24, 2.45) is 5.41 Å². The highest BCUT2D eigenvalue weighted by molar-refractivity contribution is 5.84. The molecular formula is C14H25NO. The van der Waals surface area contributed by atoms with Crippen molar-refractivity contribution in [3.05, 3.63) is 12.7 Å². The Morgan fingerprint density at radius 3 is 2.88 bits per heavy atom. The van der Waals surface area contributed by atoms with Crippen LogP contribution in [-0.2, 0) is 4.79 Å². The second kappa shape index (κ2) is 6.85. The maximum Gasteiger partial charge on any atom is 0.140 e. The molecule has 0 amide bonds. The molecule has 1 aliphatic heterocycles. The maximum atomic E-state index is 12.1. The van der Waals surface area contributed by atoms with Crippen LogP contribution in [0, 0.1) is 5.41 Å². The summed E-state index contributed by atoms with van der Waals surface area (Å²) in [6, 6.07) is 0. The fourth-order valence-corrected chi connectivity index (χ4v) is 2.35. The first-order chi connectivity index (χ1) is 7.69. The molecule has 0 saturated carbocycles. The fraction of sp³-hybridized carbons (Fsp3) is 0.786. The topological polar surface area (TPSA) is 29.1 Å². The predicted molar refractivity (Wildman–Crippen MR) is 68.5 cm³/mol. The van der Waals surface area contributed by atoms with E-state index in [0.29, 0.717) is 5.78 Å². The molecule has 1 aliphatic rings. The second-order valence-corrected chi connectivity index (χ2v) is 5.15. The molecule has 1 unspecified atom stereocenters. The monoisotopic (exact) mass is 223 g/mol. The summed E-state index contributed by atoms with van der Waals surface area (Å²) in [4.78, 5) is 12.1. The molecule has 0 spiro atoms. The zero-order chi connectivity index (χ0) is 11.9. The molecule has 2 heteroatoms. The molecule has 1 rings (SSSR count). The number of ketones is 1. The molecule has 0 bridgehead atoms. The lowest BCUT2D eigenvalue weighted by atomic mass is 9.77. The van der Waals surface area contributed by atoms with Gasteiger partial charge in [0.15, 0.2) is 0 Å². The predicted octanol–water partition coefficient (Wildman–Crippen LogP) is 3.08. The Balaban J connectivity index is 2.20. The minimum atomic E-state index is -0.0866. The van der Waals surface area contributed by atoms with E-state index < -0.39 is 0 Å². The highest BCUT2D eigenvalue weighted by Gasteiger charge is 2.33. The number of hydrogen-bond donors (Lipinski definition) is 1. The molecule has 0 aliphatic carbocycles. The summed E-state index contributed by atoms with van der Waals surface area (Å²) in [5.41, 5.74) is -0.0866. The Morgan fingerprint density at radius 1 is 1.44 bits per heavy atom. The van der Waals surface area contributed by atoms with Crippen molar-refractivity contribution in [3.8, 4) is 0 Å². The molecule has 92 valence electrons. The maximum absolute atomic E-state index is 12.1. The van der Waals surface area contributed by atoms with Crippen LogP contribution in [0.2, 0.25) is 0 Å². The molecular weight excluding hydrogens is 198 g/mol. The van der Waals surface area contributed by atoms with Gasteiger partial charge in [-0.05, 0) is 38.6 Å². The van der Waals surface area contributed by atoms with Crippen LogP contribution in [0.1, 0.15) is 51.9 Å². The van der Waals surface area contributed by atoms with Gasteiger partial charge in [0.2, 0.25) is 0 Å². The number of unbranched alkanes of at least 4 members (excludes halogenated alkanes) is 3. The zero-order valence-electron chi connectivity index (χ0n) is 10.6. The average Bonchev–Trinajstić information content (AvgIpc) is 2.29. The highest BCUT2D eigenvalue weighted by atomic mass is 16.1. The van der Waals surface area contributed by atoms with Gasteiger partial charge in [-0.1, -0.05) is 19.4 Å². The van der Waals surface area contributed by atoms with Crippen molar-refractivity contribution in [1.29, 1.82) is 0 Å². The molecule has 1 atom stereocenters. The van der Waals surface area contributed by atoms with Crippen LogP contribution in [0.4, 0.5) is 0 Å². The number of nitrogens with one attached hydrogen (secondary N) is 1. The SMILES string of the molecule is C=CCCCCCC(=O)C1(C)CCCNC1. The number of carbonyl (C=O) groups excluding carboxylic acids is 1. The highest BCUT2D eigenvalue weighted by Crippen LogP contribution is 2.28. The van der Waals surface area contributed by atoms with E-state index in [4.69, 9.17) is 0 Å².